The Balaban J connectivity index is 2.25. The van der Waals surface area contributed by atoms with Crippen molar-refractivity contribution in [2.24, 2.45) is 0 Å². The van der Waals surface area contributed by atoms with Gasteiger partial charge in [0.2, 0.25) is 11.8 Å². The molecule has 150 valence electrons. The number of halogens is 1. The van der Waals surface area contributed by atoms with Crippen molar-refractivity contribution in [1.82, 2.24) is 10.2 Å². The molecule has 28 heavy (non-hydrogen) atoms. The Hall–Kier alpha value is -2.69. The summed E-state index contributed by atoms with van der Waals surface area (Å²) >= 11 is 0. The molecule has 0 spiro atoms. The predicted molar refractivity (Wildman–Crippen MR) is 109 cm³/mol. The lowest BCUT2D eigenvalue weighted by molar-refractivity contribution is -0.140. The van der Waals surface area contributed by atoms with E-state index in [-0.39, 0.29) is 24.3 Å². The van der Waals surface area contributed by atoms with Crippen LogP contribution in [0.5, 0.6) is 0 Å². The lowest BCUT2D eigenvalue weighted by Gasteiger charge is -2.30. The number of hydrogen-bond donors (Lipinski definition) is 1. The molecule has 1 N–H and O–H groups in total. The Kier molecular flexibility index (Phi) is 7.73. The Labute approximate surface area is 166 Å². The molecule has 0 aliphatic heterocycles. The van der Waals surface area contributed by atoms with Gasteiger partial charge in [0, 0.05) is 12.6 Å². The number of carbonyl (C=O) groups excluding carboxylic acids is 2. The molecule has 2 atom stereocenters. The molecule has 0 aromatic heterocycles. The van der Waals surface area contributed by atoms with Crippen LogP contribution in [-0.4, -0.2) is 28.8 Å². The quantitative estimate of drug-likeness (QED) is 0.748. The van der Waals surface area contributed by atoms with Crippen molar-refractivity contribution in [3.63, 3.8) is 0 Å². The van der Waals surface area contributed by atoms with Gasteiger partial charge >= 0.3 is 0 Å². The molecule has 0 saturated heterocycles. The fourth-order valence-corrected chi connectivity index (χ4v) is 2.96. The molecule has 0 heterocycles. The smallest absolute Gasteiger partial charge is 0.242 e. The number of hydrogen-bond acceptors (Lipinski definition) is 2. The predicted octanol–water partition coefficient (Wildman–Crippen LogP) is 4.01. The van der Waals surface area contributed by atoms with Crippen LogP contribution in [0.1, 0.15) is 43.9 Å². The number of carbonyl (C=O) groups is 2. The summed E-state index contributed by atoms with van der Waals surface area (Å²) in [5, 5.41) is 2.93. The first kappa shape index (κ1) is 21.6. The summed E-state index contributed by atoms with van der Waals surface area (Å²) in [5.41, 5.74) is 2.34. The minimum absolute atomic E-state index is 0.0254. The van der Waals surface area contributed by atoms with Gasteiger partial charge in [0.15, 0.2) is 0 Å². The monoisotopic (exact) mass is 384 g/mol. The highest BCUT2D eigenvalue weighted by Crippen LogP contribution is 2.15. The van der Waals surface area contributed by atoms with Crippen LogP contribution in [0.15, 0.2) is 48.5 Å². The zero-order valence-corrected chi connectivity index (χ0v) is 17.0. The zero-order chi connectivity index (χ0) is 20.7. The van der Waals surface area contributed by atoms with E-state index in [4.69, 9.17) is 0 Å². The maximum absolute atomic E-state index is 14.0. The topological polar surface area (TPSA) is 49.4 Å². The molecule has 4 nitrogen and oxygen atoms in total. The normalized spacial score (nSPS) is 12.9. The summed E-state index contributed by atoms with van der Waals surface area (Å²) in [4.78, 5) is 27.2. The molecule has 0 bridgehead atoms. The first-order valence-corrected chi connectivity index (χ1v) is 9.70. The van der Waals surface area contributed by atoms with Gasteiger partial charge in [-0.2, -0.15) is 0 Å². The van der Waals surface area contributed by atoms with Gasteiger partial charge in [0.1, 0.15) is 11.9 Å². The van der Waals surface area contributed by atoms with Gasteiger partial charge in [-0.05, 0) is 44.4 Å². The average Bonchev–Trinajstić information content (AvgIpc) is 2.67. The SMILES string of the molecule is CC[C@H](C)NC(=O)[C@@H](C)N(Cc1cccc(C)c1)C(=O)Cc1ccccc1F. The van der Waals surface area contributed by atoms with Gasteiger partial charge in [-0.25, -0.2) is 4.39 Å². The summed E-state index contributed by atoms with van der Waals surface area (Å²) in [6.45, 7) is 7.91. The lowest BCUT2D eigenvalue weighted by atomic mass is 10.1. The molecule has 0 saturated carbocycles. The van der Waals surface area contributed by atoms with Gasteiger partial charge in [0.05, 0.1) is 6.42 Å². The van der Waals surface area contributed by atoms with Crippen molar-refractivity contribution < 1.29 is 14.0 Å². The first-order chi connectivity index (χ1) is 13.3. The lowest BCUT2D eigenvalue weighted by Crippen LogP contribution is -2.50. The molecular formula is C23H29FN2O2. The van der Waals surface area contributed by atoms with Crippen molar-refractivity contribution >= 4 is 11.8 Å². The number of aryl methyl sites for hydroxylation is 1. The third kappa shape index (κ3) is 5.91. The number of nitrogens with zero attached hydrogens (tertiary/aromatic N) is 1. The fourth-order valence-electron chi connectivity index (χ4n) is 2.96. The molecule has 2 rings (SSSR count). The van der Waals surface area contributed by atoms with Crippen LogP contribution in [0.25, 0.3) is 0 Å². The minimum atomic E-state index is -0.659. The van der Waals surface area contributed by atoms with Crippen molar-refractivity contribution in [3.8, 4) is 0 Å². The first-order valence-electron chi connectivity index (χ1n) is 9.70. The van der Waals surface area contributed by atoms with E-state index >= 15 is 0 Å². The third-order valence-electron chi connectivity index (χ3n) is 4.90. The molecule has 0 aliphatic carbocycles. The summed E-state index contributed by atoms with van der Waals surface area (Å²) in [6, 6.07) is 13.4. The van der Waals surface area contributed by atoms with Gasteiger partial charge in [0.25, 0.3) is 0 Å². The van der Waals surface area contributed by atoms with Crippen molar-refractivity contribution in [3.05, 3.63) is 71.0 Å². The highest BCUT2D eigenvalue weighted by Gasteiger charge is 2.27. The molecule has 0 radical (unpaired) electrons. The molecule has 0 aliphatic rings. The molecule has 0 unspecified atom stereocenters. The van der Waals surface area contributed by atoms with Crippen LogP contribution in [-0.2, 0) is 22.6 Å². The van der Waals surface area contributed by atoms with E-state index in [0.717, 1.165) is 17.5 Å². The number of amides is 2. The highest BCUT2D eigenvalue weighted by molar-refractivity contribution is 5.88. The van der Waals surface area contributed by atoms with Crippen molar-refractivity contribution in [1.29, 1.82) is 0 Å². The maximum atomic E-state index is 14.0. The Morgan fingerprint density at radius 3 is 2.46 bits per heavy atom. The molecular weight excluding hydrogens is 355 g/mol. The van der Waals surface area contributed by atoms with Crippen molar-refractivity contribution in [2.45, 2.75) is 59.2 Å². The fraction of sp³-hybridized carbons (Fsp3) is 0.391. The van der Waals surface area contributed by atoms with E-state index in [2.05, 4.69) is 5.32 Å². The molecule has 2 aromatic carbocycles. The summed E-state index contributed by atoms with van der Waals surface area (Å²) in [7, 11) is 0. The second kappa shape index (κ2) is 10.0. The van der Waals surface area contributed by atoms with E-state index in [0.29, 0.717) is 12.1 Å². The summed E-state index contributed by atoms with van der Waals surface area (Å²) in [5.74, 6) is -0.898. The van der Waals surface area contributed by atoms with E-state index in [1.54, 1.807) is 25.1 Å². The third-order valence-corrected chi connectivity index (χ3v) is 4.90. The molecule has 2 aromatic rings. The van der Waals surface area contributed by atoms with Crippen LogP contribution in [0, 0.1) is 12.7 Å². The summed E-state index contributed by atoms with van der Waals surface area (Å²) < 4.78 is 14.0. The second-order valence-electron chi connectivity index (χ2n) is 7.27. The van der Waals surface area contributed by atoms with Crippen LogP contribution >= 0.6 is 0 Å². The van der Waals surface area contributed by atoms with Gasteiger partial charge in [-0.1, -0.05) is 55.0 Å². The van der Waals surface area contributed by atoms with Crippen LogP contribution < -0.4 is 5.32 Å². The van der Waals surface area contributed by atoms with Crippen LogP contribution in [0.2, 0.25) is 0 Å². The highest BCUT2D eigenvalue weighted by atomic mass is 19.1. The molecule has 0 fully saturated rings. The van der Waals surface area contributed by atoms with Gasteiger partial charge < -0.3 is 10.2 Å². The zero-order valence-electron chi connectivity index (χ0n) is 17.0. The van der Waals surface area contributed by atoms with E-state index in [1.165, 1.54) is 11.0 Å². The Morgan fingerprint density at radius 1 is 1.11 bits per heavy atom. The van der Waals surface area contributed by atoms with Gasteiger partial charge in [-0.15, -0.1) is 0 Å². The average molecular weight is 384 g/mol. The van der Waals surface area contributed by atoms with E-state index < -0.39 is 11.9 Å². The largest absolute Gasteiger partial charge is 0.352 e. The summed E-state index contributed by atoms with van der Waals surface area (Å²) in [6.07, 6.45) is 0.721. The van der Waals surface area contributed by atoms with E-state index in [9.17, 15) is 14.0 Å². The van der Waals surface area contributed by atoms with Crippen molar-refractivity contribution in [2.75, 3.05) is 0 Å². The van der Waals surface area contributed by atoms with Crippen LogP contribution in [0.4, 0.5) is 4.39 Å². The van der Waals surface area contributed by atoms with E-state index in [1.807, 2.05) is 45.0 Å². The number of rotatable bonds is 8. The molecule has 5 heteroatoms. The minimum Gasteiger partial charge on any atom is -0.352 e. The Morgan fingerprint density at radius 2 is 1.82 bits per heavy atom. The Bertz CT molecular complexity index is 822. The molecule has 2 amide bonds. The number of nitrogens with one attached hydrogen (secondary N) is 1. The number of benzene rings is 2. The maximum Gasteiger partial charge on any atom is 0.242 e. The second-order valence-corrected chi connectivity index (χ2v) is 7.27. The standard InChI is InChI=1S/C23H29FN2O2/c1-5-17(3)25-23(28)18(4)26(15-19-10-8-9-16(2)13-19)22(27)14-20-11-6-7-12-21(20)24/h6-13,17-18H,5,14-15H2,1-4H3,(H,25,28)/t17-,18+/m0/s1. The van der Waals surface area contributed by atoms with Gasteiger partial charge in [-0.3, -0.25) is 9.59 Å². The van der Waals surface area contributed by atoms with Crippen LogP contribution in [0.3, 0.4) is 0 Å².